The van der Waals surface area contributed by atoms with Crippen LogP contribution in [0.1, 0.15) is 142 Å². The van der Waals surface area contributed by atoms with E-state index in [0.717, 1.165) is 25.7 Å². The van der Waals surface area contributed by atoms with Crippen LogP contribution in [0.25, 0.3) is 0 Å². The van der Waals surface area contributed by atoms with E-state index in [0.29, 0.717) is 12.8 Å². The Morgan fingerprint density at radius 3 is 1.50 bits per heavy atom. The highest BCUT2D eigenvalue weighted by molar-refractivity contribution is 5.76. The third-order valence-corrected chi connectivity index (χ3v) is 6.12. The van der Waals surface area contributed by atoms with Gasteiger partial charge in [0.1, 0.15) is 0 Å². The highest BCUT2D eigenvalue weighted by Gasteiger charge is 2.19. The van der Waals surface area contributed by atoms with Crippen molar-refractivity contribution in [1.29, 1.82) is 0 Å². The van der Waals surface area contributed by atoms with Crippen LogP contribution in [-0.2, 0) is 4.79 Å². The van der Waals surface area contributed by atoms with Crippen LogP contribution >= 0.6 is 0 Å². The van der Waals surface area contributed by atoms with Gasteiger partial charge in [0.2, 0.25) is 5.91 Å². The molecule has 0 fully saturated rings. The number of hydrogen-bond donors (Lipinski definition) is 3. The molecule has 2 atom stereocenters. The van der Waals surface area contributed by atoms with Crippen LogP contribution < -0.4 is 5.32 Å². The molecule has 180 valence electrons. The van der Waals surface area contributed by atoms with Crippen LogP contribution in [0.15, 0.2) is 0 Å². The maximum Gasteiger partial charge on any atom is 0.220 e. The number of amides is 1. The third kappa shape index (κ3) is 19.4. The normalized spacial score (nSPS) is 13.3. The Kier molecular flexibility index (Phi) is 22.6. The Hall–Kier alpha value is -0.610. The van der Waals surface area contributed by atoms with Gasteiger partial charge in [-0.2, -0.15) is 0 Å². The molecule has 0 heterocycles. The second-order valence-electron chi connectivity index (χ2n) is 9.12. The second kappa shape index (κ2) is 23.1. The van der Waals surface area contributed by atoms with Crippen LogP contribution in [0.2, 0.25) is 0 Å². The number of rotatable bonds is 23. The van der Waals surface area contributed by atoms with E-state index in [1.54, 1.807) is 0 Å². The lowest BCUT2D eigenvalue weighted by Gasteiger charge is -2.22. The molecule has 0 saturated carbocycles. The summed E-state index contributed by atoms with van der Waals surface area (Å²) in [5, 5.41) is 22.7. The van der Waals surface area contributed by atoms with Gasteiger partial charge < -0.3 is 15.5 Å². The van der Waals surface area contributed by atoms with Gasteiger partial charge in [0, 0.05) is 6.42 Å². The Bertz CT molecular complexity index is 362. The molecule has 0 aliphatic carbocycles. The first kappa shape index (κ1) is 29.4. The molecule has 0 saturated heterocycles. The van der Waals surface area contributed by atoms with Gasteiger partial charge in [0.25, 0.3) is 0 Å². The predicted octanol–water partition coefficient (Wildman–Crippen LogP) is 6.67. The van der Waals surface area contributed by atoms with Gasteiger partial charge in [-0.25, -0.2) is 0 Å². The lowest BCUT2D eigenvalue weighted by molar-refractivity contribution is -0.123. The fourth-order valence-corrected chi connectivity index (χ4v) is 4.00. The Morgan fingerprint density at radius 2 is 1.07 bits per heavy atom. The SMILES string of the molecule is CCCCCCCCCCCCCCC(O)C(CO)NC(=O)CCCCCCCC. The first-order valence-electron chi connectivity index (χ1n) is 13.2. The van der Waals surface area contributed by atoms with Crippen LogP contribution in [0.4, 0.5) is 0 Å². The van der Waals surface area contributed by atoms with Gasteiger partial charge in [-0.1, -0.05) is 123 Å². The predicted molar refractivity (Wildman–Crippen MR) is 129 cm³/mol. The number of hydrogen-bond acceptors (Lipinski definition) is 3. The van der Waals surface area contributed by atoms with Crippen molar-refractivity contribution in [3.8, 4) is 0 Å². The third-order valence-electron chi connectivity index (χ3n) is 6.12. The smallest absolute Gasteiger partial charge is 0.220 e. The molecule has 30 heavy (non-hydrogen) atoms. The molecule has 0 aromatic heterocycles. The average molecular weight is 428 g/mol. The summed E-state index contributed by atoms with van der Waals surface area (Å²) < 4.78 is 0. The Labute approximate surface area is 187 Å². The molecular weight excluding hydrogens is 374 g/mol. The minimum absolute atomic E-state index is 0.0433. The standard InChI is InChI=1S/C26H53NO3/c1-3-5-7-9-11-12-13-14-15-16-17-19-21-25(29)24(23-28)27-26(30)22-20-18-10-8-6-4-2/h24-25,28-29H,3-23H2,1-2H3,(H,27,30). The molecule has 2 unspecified atom stereocenters. The fraction of sp³-hybridized carbons (Fsp3) is 0.962. The molecule has 0 rings (SSSR count). The van der Waals surface area contributed by atoms with Crippen molar-refractivity contribution < 1.29 is 15.0 Å². The molecule has 0 aromatic carbocycles. The van der Waals surface area contributed by atoms with Crippen molar-refractivity contribution in [2.24, 2.45) is 0 Å². The van der Waals surface area contributed by atoms with Crippen molar-refractivity contribution in [3.05, 3.63) is 0 Å². The van der Waals surface area contributed by atoms with E-state index in [2.05, 4.69) is 19.2 Å². The van der Waals surface area contributed by atoms with E-state index in [1.807, 2.05) is 0 Å². The van der Waals surface area contributed by atoms with Gasteiger partial charge in [-0.05, 0) is 12.8 Å². The summed E-state index contributed by atoms with van der Waals surface area (Å²) in [4.78, 5) is 12.0. The number of carbonyl (C=O) groups excluding carboxylic acids is 1. The maximum absolute atomic E-state index is 12.0. The molecular formula is C26H53NO3. The zero-order valence-electron chi connectivity index (χ0n) is 20.3. The Balaban J connectivity index is 3.60. The van der Waals surface area contributed by atoms with Gasteiger partial charge in [0.15, 0.2) is 0 Å². The van der Waals surface area contributed by atoms with E-state index < -0.39 is 12.1 Å². The molecule has 3 N–H and O–H groups in total. The van der Waals surface area contributed by atoms with Crippen molar-refractivity contribution in [1.82, 2.24) is 5.32 Å². The second-order valence-corrected chi connectivity index (χ2v) is 9.12. The minimum atomic E-state index is -0.647. The first-order valence-corrected chi connectivity index (χ1v) is 13.2. The molecule has 4 nitrogen and oxygen atoms in total. The average Bonchev–Trinajstić information content (AvgIpc) is 2.75. The maximum atomic E-state index is 12.0. The highest BCUT2D eigenvalue weighted by Crippen LogP contribution is 2.14. The van der Waals surface area contributed by atoms with Crippen molar-refractivity contribution in [2.75, 3.05) is 6.61 Å². The van der Waals surface area contributed by atoms with Gasteiger partial charge in [-0.3, -0.25) is 4.79 Å². The summed E-state index contributed by atoms with van der Waals surface area (Å²) in [6.45, 7) is 4.27. The fourth-order valence-electron chi connectivity index (χ4n) is 4.00. The number of nitrogens with one attached hydrogen (secondary N) is 1. The lowest BCUT2D eigenvalue weighted by Crippen LogP contribution is -2.45. The molecule has 4 heteroatoms. The monoisotopic (exact) mass is 427 g/mol. The molecule has 0 aliphatic heterocycles. The zero-order valence-corrected chi connectivity index (χ0v) is 20.3. The summed E-state index contributed by atoms with van der Waals surface area (Å²) in [6, 6.07) is -0.523. The highest BCUT2D eigenvalue weighted by atomic mass is 16.3. The summed E-state index contributed by atoms with van der Waals surface area (Å²) >= 11 is 0. The van der Waals surface area contributed by atoms with Gasteiger partial charge >= 0.3 is 0 Å². The summed E-state index contributed by atoms with van der Waals surface area (Å²) in [5.41, 5.74) is 0. The summed E-state index contributed by atoms with van der Waals surface area (Å²) in [5.74, 6) is -0.0433. The van der Waals surface area contributed by atoms with Crippen LogP contribution in [0, 0.1) is 0 Å². The minimum Gasteiger partial charge on any atom is -0.394 e. The molecule has 0 aliphatic rings. The van der Waals surface area contributed by atoms with E-state index >= 15 is 0 Å². The first-order chi connectivity index (χ1) is 14.7. The van der Waals surface area contributed by atoms with Crippen LogP contribution in [0.3, 0.4) is 0 Å². The van der Waals surface area contributed by atoms with Gasteiger partial charge in [-0.15, -0.1) is 0 Å². The van der Waals surface area contributed by atoms with Gasteiger partial charge in [0.05, 0.1) is 18.8 Å². The molecule has 0 spiro atoms. The lowest BCUT2D eigenvalue weighted by atomic mass is 10.0. The van der Waals surface area contributed by atoms with Crippen molar-refractivity contribution in [3.63, 3.8) is 0 Å². The van der Waals surface area contributed by atoms with E-state index in [-0.39, 0.29) is 12.5 Å². The topological polar surface area (TPSA) is 69.6 Å². The van der Waals surface area contributed by atoms with E-state index in [1.165, 1.54) is 89.9 Å². The zero-order chi connectivity index (χ0) is 22.3. The van der Waals surface area contributed by atoms with Crippen molar-refractivity contribution >= 4 is 5.91 Å². The molecule has 0 aromatic rings. The quantitative estimate of drug-likeness (QED) is 0.160. The van der Waals surface area contributed by atoms with Crippen LogP contribution in [0.5, 0.6) is 0 Å². The number of aliphatic hydroxyl groups is 2. The summed E-state index contributed by atoms with van der Waals surface area (Å²) in [6.07, 6.45) is 22.9. The Morgan fingerprint density at radius 1 is 0.667 bits per heavy atom. The molecule has 0 radical (unpaired) electrons. The number of aliphatic hydroxyl groups excluding tert-OH is 2. The van der Waals surface area contributed by atoms with Crippen LogP contribution in [-0.4, -0.2) is 34.9 Å². The van der Waals surface area contributed by atoms with E-state index in [9.17, 15) is 15.0 Å². The molecule has 0 bridgehead atoms. The number of carbonyl (C=O) groups is 1. The largest absolute Gasteiger partial charge is 0.394 e. The van der Waals surface area contributed by atoms with Crippen molar-refractivity contribution in [2.45, 2.75) is 154 Å². The summed E-state index contributed by atoms with van der Waals surface area (Å²) in [7, 11) is 0. The number of unbranched alkanes of at least 4 members (excludes halogenated alkanes) is 16. The molecule has 1 amide bonds. The van der Waals surface area contributed by atoms with E-state index in [4.69, 9.17) is 0 Å².